The number of rotatable bonds is 3. The summed E-state index contributed by atoms with van der Waals surface area (Å²) in [6.45, 7) is 0.125. The van der Waals surface area contributed by atoms with Gasteiger partial charge in [0.05, 0.1) is 15.3 Å². The number of benzene rings is 1. The first-order valence-corrected chi connectivity index (χ1v) is 11.7. The van der Waals surface area contributed by atoms with Crippen LogP contribution in [-0.4, -0.2) is 40.0 Å². The van der Waals surface area contributed by atoms with Gasteiger partial charge in [-0.3, -0.25) is 0 Å². The van der Waals surface area contributed by atoms with E-state index in [1.54, 1.807) is 24.3 Å². The summed E-state index contributed by atoms with van der Waals surface area (Å²) in [5.41, 5.74) is 0.705. The average molecular weight is 406 g/mol. The molecule has 0 amide bonds. The molecule has 1 aliphatic heterocycles. The highest BCUT2D eigenvalue weighted by atomic mass is 35.5. The molecule has 0 radical (unpaired) electrons. The molecule has 0 bridgehead atoms. The average Bonchev–Trinajstić information content (AvgIpc) is 2.91. The van der Waals surface area contributed by atoms with Crippen molar-refractivity contribution in [1.82, 2.24) is 4.31 Å². The van der Waals surface area contributed by atoms with Gasteiger partial charge in [0, 0.05) is 13.1 Å². The fraction of sp³-hybridized carbons (Fsp3) is 0.333. The number of thiophene rings is 1. The Balaban J connectivity index is 1.89. The van der Waals surface area contributed by atoms with Crippen LogP contribution in [0.4, 0.5) is 0 Å². The molecule has 0 saturated carbocycles. The second-order valence-corrected chi connectivity index (χ2v) is 11.7. The molecule has 1 aromatic carbocycles. The SMILES string of the molecule is O=S1(=O)CCN(S(=O)(=O)c2ccc(Cl)s2)CCC1c1ccccc1. The maximum Gasteiger partial charge on any atom is 0.252 e. The summed E-state index contributed by atoms with van der Waals surface area (Å²) in [4.78, 5) is 0. The number of sulfone groups is 1. The van der Waals surface area contributed by atoms with Crippen molar-refractivity contribution in [3.8, 4) is 0 Å². The molecule has 1 fully saturated rings. The predicted octanol–water partition coefficient (Wildman–Crippen LogP) is 2.95. The molecule has 1 saturated heterocycles. The van der Waals surface area contributed by atoms with E-state index in [0.717, 1.165) is 11.3 Å². The van der Waals surface area contributed by atoms with E-state index in [2.05, 4.69) is 0 Å². The largest absolute Gasteiger partial charge is 0.252 e. The predicted molar refractivity (Wildman–Crippen MR) is 95.7 cm³/mol. The molecule has 5 nitrogen and oxygen atoms in total. The van der Waals surface area contributed by atoms with Gasteiger partial charge < -0.3 is 0 Å². The van der Waals surface area contributed by atoms with Crippen molar-refractivity contribution in [3.63, 3.8) is 0 Å². The minimum Gasteiger partial charge on any atom is -0.228 e. The van der Waals surface area contributed by atoms with Gasteiger partial charge in [0.15, 0.2) is 9.84 Å². The van der Waals surface area contributed by atoms with E-state index >= 15 is 0 Å². The molecule has 9 heteroatoms. The Kier molecular flexibility index (Phi) is 5.04. The van der Waals surface area contributed by atoms with Gasteiger partial charge in [0.1, 0.15) is 4.21 Å². The Labute approximate surface area is 150 Å². The molecule has 0 aliphatic carbocycles. The number of nitrogens with zero attached hydrogens (tertiary/aromatic N) is 1. The minimum absolute atomic E-state index is 0.0382. The molecular weight excluding hydrogens is 390 g/mol. The topological polar surface area (TPSA) is 71.5 Å². The number of hydrogen-bond donors (Lipinski definition) is 0. The smallest absolute Gasteiger partial charge is 0.228 e. The van der Waals surface area contributed by atoms with Crippen LogP contribution in [0.3, 0.4) is 0 Å². The van der Waals surface area contributed by atoms with E-state index in [-0.39, 0.29) is 29.5 Å². The molecule has 1 aliphatic rings. The fourth-order valence-electron chi connectivity index (χ4n) is 2.77. The number of sulfonamides is 1. The molecule has 0 spiro atoms. The summed E-state index contributed by atoms with van der Waals surface area (Å²) in [6, 6.07) is 11.9. The van der Waals surface area contributed by atoms with Gasteiger partial charge in [-0.15, -0.1) is 11.3 Å². The van der Waals surface area contributed by atoms with Gasteiger partial charge in [-0.1, -0.05) is 41.9 Å². The Bertz CT molecular complexity index is 923. The van der Waals surface area contributed by atoms with Crippen LogP contribution < -0.4 is 0 Å². The van der Waals surface area contributed by atoms with Crippen LogP contribution in [0.5, 0.6) is 0 Å². The summed E-state index contributed by atoms with van der Waals surface area (Å²) in [6.07, 6.45) is 0.241. The van der Waals surface area contributed by atoms with E-state index in [1.807, 2.05) is 6.07 Å². The van der Waals surface area contributed by atoms with E-state index in [1.165, 1.54) is 16.4 Å². The first-order chi connectivity index (χ1) is 11.3. The molecule has 1 unspecified atom stereocenters. The third-order valence-corrected chi connectivity index (χ3v) is 9.74. The quantitative estimate of drug-likeness (QED) is 0.787. The van der Waals surface area contributed by atoms with Crippen LogP contribution >= 0.6 is 22.9 Å². The second-order valence-electron chi connectivity index (χ2n) is 5.52. The minimum atomic E-state index is -3.72. The Hall–Kier alpha value is -0.930. The van der Waals surface area contributed by atoms with E-state index in [0.29, 0.717) is 9.90 Å². The zero-order valence-electron chi connectivity index (χ0n) is 12.6. The van der Waals surface area contributed by atoms with Crippen molar-refractivity contribution in [2.75, 3.05) is 18.8 Å². The van der Waals surface area contributed by atoms with E-state index < -0.39 is 25.1 Å². The highest BCUT2D eigenvalue weighted by Gasteiger charge is 2.36. The summed E-state index contributed by atoms with van der Waals surface area (Å²) < 4.78 is 52.3. The Morgan fingerprint density at radius 2 is 1.79 bits per heavy atom. The van der Waals surface area contributed by atoms with Crippen molar-refractivity contribution in [2.24, 2.45) is 0 Å². The third-order valence-electron chi connectivity index (χ3n) is 4.01. The third kappa shape index (κ3) is 3.52. The van der Waals surface area contributed by atoms with Crippen molar-refractivity contribution in [3.05, 3.63) is 52.4 Å². The normalized spacial score (nSPS) is 22.1. The van der Waals surface area contributed by atoms with E-state index in [9.17, 15) is 16.8 Å². The standard InChI is InChI=1S/C15H16ClNO4S3/c16-14-6-7-15(22-14)24(20,21)17-9-8-13(23(18,19)11-10-17)12-4-2-1-3-5-12/h1-7,13H,8-11H2. The van der Waals surface area contributed by atoms with E-state index in [4.69, 9.17) is 11.6 Å². The van der Waals surface area contributed by atoms with Crippen molar-refractivity contribution < 1.29 is 16.8 Å². The molecule has 2 aromatic rings. The zero-order chi connectivity index (χ0) is 17.4. The Morgan fingerprint density at radius 1 is 1.08 bits per heavy atom. The molecule has 1 aromatic heterocycles. The van der Waals surface area contributed by atoms with Crippen LogP contribution in [0.25, 0.3) is 0 Å². The maximum absolute atomic E-state index is 12.7. The number of halogens is 1. The lowest BCUT2D eigenvalue weighted by atomic mass is 10.1. The second kappa shape index (κ2) is 6.76. The van der Waals surface area contributed by atoms with Gasteiger partial charge in [-0.2, -0.15) is 4.31 Å². The highest BCUT2D eigenvalue weighted by molar-refractivity contribution is 7.92. The first kappa shape index (κ1) is 17.9. The summed E-state index contributed by atoms with van der Waals surface area (Å²) in [7, 11) is -7.13. The van der Waals surface area contributed by atoms with Crippen LogP contribution in [0.15, 0.2) is 46.7 Å². The van der Waals surface area contributed by atoms with Crippen molar-refractivity contribution >= 4 is 42.8 Å². The lowest BCUT2D eigenvalue weighted by Crippen LogP contribution is -2.33. The highest BCUT2D eigenvalue weighted by Crippen LogP contribution is 2.33. The summed E-state index contributed by atoms with van der Waals surface area (Å²) in [5, 5.41) is -0.675. The Morgan fingerprint density at radius 3 is 2.42 bits per heavy atom. The summed E-state index contributed by atoms with van der Waals surface area (Å²) >= 11 is 6.80. The van der Waals surface area contributed by atoms with Gasteiger partial charge in [0.2, 0.25) is 0 Å². The molecule has 24 heavy (non-hydrogen) atoms. The summed E-state index contributed by atoms with van der Waals surface area (Å²) in [5.74, 6) is -0.190. The number of hydrogen-bond acceptors (Lipinski definition) is 5. The van der Waals surface area contributed by atoms with Crippen LogP contribution in [0.1, 0.15) is 17.2 Å². The molecule has 130 valence electrons. The van der Waals surface area contributed by atoms with Crippen molar-refractivity contribution in [2.45, 2.75) is 15.9 Å². The molecular formula is C15H16ClNO4S3. The molecule has 3 rings (SSSR count). The maximum atomic E-state index is 12.7. The van der Waals surface area contributed by atoms with Gasteiger partial charge in [0.25, 0.3) is 10.0 Å². The molecule has 0 N–H and O–H groups in total. The zero-order valence-corrected chi connectivity index (χ0v) is 15.8. The lowest BCUT2D eigenvalue weighted by molar-refractivity contribution is 0.429. The van der Waals surface area contributed by atoms with Gasteiger partial charge in [-0.05, 0) is 24.1 Å². The lowest BCUT2D eigenvalue weighted by Gasteiger charge is -2.18. The monoisotopic (exact) mass is 405 g/mol. The fourth-order valence-corrected chi connectivity index (χ4v) is 7.77. The van der Waals surface area contributed by atoms with Gasteiger partial charge >= 0.3 is 0 Å². The first-order valence-electron chi connectivity index (χ1n) is 7.33. The van der Waals surface area contributed by atoms with Crippen LogP contribution in [0.2, 0.25) is 4.34 Å². The van der Waals surface area contributed by atoms with Crippen LogP contribution in [-0.2, 0) is 19.9 Å². The van der Waals surface area contributed by atoms with Crippen molar-refractivity contribution in [1.29, 1.82) is 0 Å². The van der Waals surface area contributed by atoms with Gasteiger partial charge in [-0.25, -0.2) is 16.8 Å². The molecule has 2 heterocycles. The molecule has 1 atom stereocenters. The van der Waals surface area contributed by atoms with Crippen LogP contribution in [0, 0.1) is 0 Å².